The minimum atomic E-state index is -0.779. The van der Waals surface area contributed by atoms with Gasteiger partial charge in [-0.3, -0.25) is 4.79 Å². The molecule has 0 aromatic heterocycles. The minimum absolute atomic E-state index is 0.00814. The second kappa shape index (κ2) is 5.45. The molecule has 0 saturated heterocycles. The molecule has 1 fully saturated rings. The predicted molar refractivity (Wildman–Crippen MR) is 77.3 cm³/mol. The minimum Gasteiger partial charge on any atom is -0.323 e. The standard InChI is InChI=1S/C16H12ClF2NO/c17-13-4-2-1-3-10(13)11-8-12(11)16(21)20-15-6-5-9(18)7-14(15)19/h1-7,11-12H,8H2,(H,20,21). The third-order valence-electron chi connectivity index (χ3n) is 3.62. The van der Waals surface area contributed by atoms with Crippen molar-refractivity contribution in [2.75, 3.05) is 5.32 Å². The van der Waals surface area contributed by atoms with Crippen LogP contribution in [0.3, 0.4) is 0 Å². The second-order valence-corrected chi connectivity index (χ2v) is 5.49. The van der Waals surface area contributed by atoms with Crippen LogP contribution in [0, 0.1) is 17.6 Å². The zero-order valence-electron chi connectivity index (χ0n) is 10.9. The van der Waals surface area contributed by atoms with Crippen LogP contribution < -0.4 is 5.32 Å². The van der Waals surface area contributed by atoms with E-state index in [4.69, 9.17) is 11.6 Å². The van der Waals surface area contributed by atoms with Gasteiger partial charge in [0.15, 0.2) is 0 Å². The monoisotopic (exact) mass is 307 g/mol. The van der Waals surface area contributed by atoms with E-state index >= 15 is 0 Å². The van der Waals surface area contributed by atoms with E-state index in [1.165, 1.54) is 6.07 Å². The smallest absolute Gasteiger partial charge is 0.228 e. The van der Waals surface area contributed by atoms with E-state index in [1.807, 2.05) is 18.2 Å². The molecule has 2 unspecified atom stereocenters. The molecule has 1 aliphatic carbocycles. The Hall–Kier alpha value is -1.94. The maximum atomic E-state index is 13.5. The van der Waals surface area contributed by atoms with Gasteiger partial charge >= 0.3 is 0 Å². The summed E-state index contributed by atoms with van der Waals surface area (Å²) in [6, 6.07) is 10.4. The first kappa shape index (κ1) is 14.0. The van der Waals surface area contributed by atoms with Gasteiger partial charge < -0.3 is 5.32 Å². The van der Waals surface area contributed by atoms with E-state index in [2.05, 4.69) is 5.32 Å². The quantitative estimate of drug-likeness (QED) is 0.897. The Bertz CT molecular complexity index is 704. The fraction of sp³-hybridized carbons (Fsp3) is 0.188. The Morgan fingerprint density at radius 3 is 2.67 bits per heavy atom. The van der Waals surface area contributed by atoms with Crippen LogP contribution in [0.25, 0.3) is 0 Å². The molecule has 5 heteroatoms. The van der Waals surface area contributed by atoms with Crippen molar-refractivity contribution in [2.24, 2.45) is 5.92 Å². The molecule has 1 aliphatic rings. The summed E-state index contributed by atoms with van der Waals surface area (Å²) in [5, 5.41) is 3.13. The lowest BCUT2D eigenvalue weighted by Gasteiger charge is -2.07. The van der Waals surface area contributed by atoms with Gasteiger partial charge in [-0.1, -0.05) is 29.8 Å². The number of carbonyl (C=O) groups is 1. The summed E-state index contributed by atoms with van der Waals surface area (Å²) in [6.07, 6.45) is 0.679. The van der Waals surface area contributed by atoms with Gasteiger partial charge in [-0.25, -0.2) is 8.78 Å². The number of amides is 1. The third-order valence-corrected chi connectivity index (χ3v) is 3.97. The van der Waals surface area contributed by atoms with Crippen LogP contribution in [0.4, 0.5) is 14.5 Å². The lowest BCUT2D eigenvalue weighted by molar-refractivity contribution is -0.117. The van der Waals surface area contributed by atoms with Crippen molar-refractivity contribution in [2.45, 2.75) is 12.3 Å². The third kappa shape index (κ3) is 2.90. The Morgan fingerprint density at radius 1 is 1.19 bits per heavy atom. The molecule has 2 aromatic rings. The molecule has 1 amide bonds. The van der Waals surface area contributed by atoms with Crippen molar-refractivity contribution in [3.05, 3.63) is 64.7 Å². The molecule has 0 heterocycles. The SMILES string of the molecule is O=C(Nc1ccc(F)cc1F)C1CC1c1ccccc1Cl. The topological polar surface area (TPSA) is 29.1 Å². The van der Waals surface area contributed by atoms with E-state index in [0.717, 1.165) is 17.7 Å². The number of nitrogens with one attached hydrogen (secondary N) is 1. The molecular formula is C16H12ClF2NO. The number of benzene rings is 2. The summed E-state index contributed by atoms with van der Waals surface area (Å²) < 4.78 is 26.3. The van der Waals surface area contributed by atoms with Gasteiger partial charge in [0.2, 0.25) is 5.91 Å². The molecule has 0 aliphatic heterocycles. The Morgan fingerprint density at radius 2 is 1.95 bits per heavy atom. The molecule has 21 heavy (non-hydrogen) atoms. The van der Waals surface area contributed by atoms with Crippen LogP contribution in [0.2, 0.25) is 5.02 Å². The second-order valence-electron chi connectivity index (χ2n) is 5.08. The van der Waals surface area contributed by atoms with Gasteiger partial charge in [-0.2, -0.15) is 0 Å². The molecule has 2 aromatic carbocycles. The van der Waals surface area contributed by atoms with Crippen LogP contribution in [0.5, 0.6) is 0 Å². The lowest BCUT2D eigenvalue weighted by atomic mass is 10.1. The molecule has 108 valence electrons. The number of carbonyl (C=O) groups excluding carboxylic acids is 1. The van der Waals surface area contributed by atoms with Crippen LogP contribution in [-0.4, -0.2) is 5.91 Å². The summed E-state index contributed by atoms with van der Waals surface area (Å²) in [6.45, 7) is 0. The Balaban J connectivity index is 1.70. The van der Waals surface area contributed by atoms with Gasteiger partial charge in [0, 0.05) is 17.0 Å². The highest BCUT2D eigenvalue weighted by molar-refractivity contribution is 6.31. The van der Waals surface area contributed by atoms with Crippen molar-refractivity contribution in [1.29, 1.82) is 0 Å². The molecule has 2 nitrogen and oxygen atoms in total. The highest BCUT2D eigenvalue weighted by Crippen LogP contribution is 2.50. The van der Waals surface area contributed by atoms with E-state index in [-0.39, 0.29) is 23.4 Å². The molecule has 1 saturated carbocycles. The van der Waals surface area contributed by atoms with Crippen molar-refractivity contribution in [1.82, 2.24) is 0 Å². The number of hydrogen-bond donors (Lipinski definition) is 1. The molecule has 0 radical (unpaired) electrons. The Kier molecular flexibility index (Phi) is 3.64. The molecular weight excluding hydrogens is 296 g/mol. The average Bonchev–Trinajstić information content (AvgIpc) is 3.23. The van der Waals surface area contributed by atoms with Crippen molar-refractivity contribution in [3.63, 3.8) is 0 Å². The fourth-order valence-corrected chi connectivity index (χ4v) is 2.70. The summed E-state index contributed by atoms with van der Waals surface area (Å²) in [5.74, 6) is -1.90. The molecule has 0 spiro atoms. The van der Waals surface area contributed by atoms with Crippen LogP contribution in [0.15, 0.2) is 42.5 Å². The number of anilines is 1. The first-order valence-corrected chi connectivity index (χ1v) is 6.94. The van der Waals surface area contributed by atoms with E-state index in [0.29, 0.717) is 11.4 Å². The van der Waals surface area contributed by atoms with Crippen molar-refractivity contribution in [3.8, 4) is 0 Å². The van der Waals surface area contributed by atoms with Gasteiger partial charge in [0.05, 0.1) is 5.69 Å². The lowest BCUT2D eigenvalue weighted by Crippen LogP contribution is -2.15. The zero-order valence-corrected chi connectivity index (χ0v) is 11.7. The first-order valence-electron chi connectivity index (χ1n) is 6.56. The van der Waals surface area contributed by atoms with Gasteiger partial charge in [-0.05, 0) is 36.1 Å². The normalized spacial score (nSPS) is 20.1. The molecule has 2 atom stereocenters. The number of rotatable bonds is 3. The highest BCUT2D eigenvalue weighted by Gasteiger charge is 2.44. The van der Waals surface area contributed by atoms with Gasteiger partial charge in [0.1, 0.15) is 11.6 Å². The van der Waals surface area contributed by atoms with E-state index in [1.54, 1.807) is 6.07 Å². The predicted octanol–water partition coefficient (Wildman–Crippen LogP) is 4.36. The largest absolute Gasteiger partial charge is 0.323 e. The van der Waals surface area contributed by atoms with Crippen LogP contribution >= 0.6 is 11.6 Å². The molecule has 0 bridgehead atoms. The average molecular weight is 308 g/mol. The maximum absolute atomic E-state index is 13.5. The molecule has 1 N–H and O–H groups in total. The summed E-state index contributed by atoms with van der Waals surface area (Å²) in [4.78, 5) is 12.1. The van der Waals surface area contributed by atoms with E-state index in [9.17, 15) is 13.6 Å². The van der Waals surface area contributed by atoms with Crippen molar-refractivity contribution >= 4 is 23.2 Å². The number of halogens is 3. The van der Waals surface area contributed by atoms with Gasteiger partial charge in [-0.15, -0.1) is 0 Å². The summed E-state index contributed by atoms with van der Waals surface area (Å²) >= 11 is 6.10. The highest BCUT2D eigenvalue weighted by atomic mass is 35.5. The van der Waals surface area contributed by atoms with Crippen molar-refractivity contribution < 1.29 is 13.6 Å². The number of hydrogen-bond acceptors (Lipinski definition) is 1. The van der Waals surface area contributed by atoms with Crippen LogP contribution in [-0.2, 0) is 4.79 Å². The Labute approximate surface area is 125 Å². The van der Waals surface area contributed by atoms with E-state index < -0.39 is 11.6 Å². The van der Waals surface area contributed by atoms with Crippen LogP contribution in [0.1, 0.15) is 17.9 Å². The molecule has 3 rings (SSSR count). The maximum Gasteiger partial charge on any atom is 0.228 e. The first-order chi connectivity index (χ1) is 10.1. The summed E-state index contributed by atoms with van der Waals surface area (Å²) in [7, 11) is 0. The summed E-state index contributed by atoms with van der Waals surface area (Å²) in [5.41, 5.74) is 0.921. The van der Waals surface area contributed by atoms with Gasteiger partial charge in [0.25, 0.3) is 0 Å². The fourth-order valence-electron chi connectivity index (χ4n) is 2.42. The zero-order chi connectivity index (χ0) is 15.0.